The molecular formula is C19H19ClF3N3O2. The van der Waals surface area contributed by atoms with Crippen molar-refractivity contribution in [2.45, 2.75) is 25.9 Å². The summed E-state index contributed by atoms with van der Waals surface area (Å²) in [4.78, 5) is 25.8. The first-order valence-corrected chi connectivity index (χ1v) is 8.35. The Hall–Kier alpha value is -2.74. The summed E-state index contributed by atoms with van der Waals surface area (Å²) in [5, 5.41) is 2.59. The Kier molecular flexibility index (Phi) is 6.23. The quantitative estimate of drug-likeness (QED) is 0.732. The van der Waals surface area contributed by atoms with Gasteiger partial charge in [-0.05, 0) is 49.2 Å². The van der Waals surface area contributed by atoms with Crippen LogP contribution in [0.4, 0.5) is 30.2 Å². The molecule has 5 nitrogen and oxygen atoms in total. The summed E-state index contributed by atoms with van der Waals surface area (Å²) in [5.41, 5.74) is 6.17. The summed E-state index contributed by atoms with van der Waals surface area (Å²) in [6.07, 6.45) is -3.79. The number of carbonyl (C=O) groups excluding carboxylic acids is 2. The molecule has 1 heterocycles. The fourth-order valence-electron chi connectivity index (χ4n) is 2.95. The number of benzene rings is 2. The van der Waals surface area contributed by atoms with Crippen molar-refractivity contribution in [2.24, 2.45) is 0 Å². The number of nitrogens with one attached hydrogen (secondary N) is 1. The van der Waals surface area contributed by atoms with E-state index in [0.717, 1.165) is 17.7 Å². The molecule has 0 radical (unpaired) electrons. The Morgan fingerprint density at radius 3 is 2.50 bits per heavy atom. The van der Waals surface area contributed by atoms with E-state index in [2.05, 4.69) is 5.32 Å². The highest BCUT2D eigenvalue weighted by Gasteiger charge is 2.33. The largest absolute Gasteiger partial charge is 0.416 e. The second-order valence-corrected chi connectivity index (χ2v) is 6.44. The number of carbonyl (C=O) groups is 2. The molecule has 0 unspecified atom stereocenters. The third-order valence-corrected chi connectivity index (χ3v) is 4.40. The van der Waals surface area contributed by atoms with Crippen molar-refractivity contribution < 1.29 is 22.8 Å². The van der Waals surface area contributed by atoms with E-state index in [1.807, 2.05) is 0 Å². The Morgan fingerprint density at radius 1 is 1.18 bits per heavy atom. The highest BCUT2D eigenvalue weighted by atomic mass is 35.5. The molecule has 0 aliphatic carbocycles. The molecule has 1 fully saturated rings. The average molecular weight is 414 g/mol. The van der Waals surface area contributed by atoms with Crippen molar-refractivity contribution >= 4 is 41.3 Å². The number of nitrogen functional groups attached to an aromatic ring is 1. The monoisotopic (exact) mass is 413 g/mol. The van der Waals surface area contributed by atoms with Gasteiger partial charge in [-0.1, -0.05) is 6.07 Å². The van der Waals surface area contributed by atoms with Gasteiger partial charge in [-0.15, -0.1) is 12.4 Å². The predicted molar refractivity (Wildman–Crippen MR) is 104 cm³/mol. The van der Waals surface area contributed by atoms with Gasteiger partial charge in [0.05, 0.1) is 5.56 Å². The number of alkyl halides is 3. The number of nitrogens with zero attached hydrogens (tertiary/aromatic N) is 1. The van der Waals surface area contributed by atoms with Crippen LogP contribution in [0.25, 0.3) is 0 Å². The number of halogens is 4. The smallest absolute Gasteiger partial charge is 0.399 e. The molecule has 2 aromatic carbocycles. The van der Waals surface area contributed by atoms with Crippen molar-refractivity contribution in [3.8, 4) is 0 Å². The van der Waals surface area contributed by atoms with Crippen molar-refractivity contribution in [1.82, 2.24) is 0 Å². The molecule has 2 amide bonds. The van der Waals surface area contributed by atoms with Crippen LogP contribution in [0.1, 0.15) is 34.3 Å². The summed E-state index contributed by atoms with van der Waals surface area (Å²) in [6, 6.07) is 7.87. The van der Waals surface area contributed by atoms with E-state index in [4.69, 9.17) is 5.73 Å². The van der Waals surface area contributed by atoms with Gasteiger partial charge in [-0.3, -0.25) is 9.59 Å². The van der Waals surface area contributed by atoms with Crippen LogP contribution < -0.4 is 16.0 Å². The first-order valence-electron chi connectivity index (χ1n) is 8.35. The van der Waals surface area contributed by atoms with E-state index in [0.29, 0.717) is 24.3 Å². The fourth-order valence-corrected chi connectivity index (χ4v) is 2.95. The van der Waals surface area contributed by atoms with Crippen LogP contribution in [0.5, 0.6) is 0 Å². The van der Waals surface area contributed by atoms with Crippen LogP contribution >= 0.6 is 12.4 Å². The Labute approximate surface area is 166 Å². The zero-order chi connectivity index (χ0) is 19.8. The van der Waals surface area contributed by atoms with Crippen LogP contribution in [0, 0.1) is 6.92 Å². The van der Waals surface area contributed by atoms with Crippen molar-refractivity contribution in [1.29, 1.82) is 0 Å². The minimum atomic E-state index is -4.64. The van der Waals surface area contributed by atoms with E-state index >= 15 is 0 Å². The molecule has 1 aliphatic heterocycles. The van der Waals surface area contributed by atoms with Gasteiger partial charge in [0.25, 0.3) is 5.91 Å². The Bertz CT molecular complexity index is 916. The lowest BCUT2D eigenvalue weighted by Gasteiger charge is -2.19. The average Bonchev–Trinajstić information content (AvgIpc) is 3.03. The van der Waals surface area contributed by atoms with Gasteiger partial charge in [-0.2, -0.15) is 13.2 Å². The lowest BCUT2D eigenvalue weighted by molar-refractivity contribution is -0.137. The molecular weight excluding hydrogens is 395 g/mol. The summed E-state index contributed by atoms with van der Waals surface area (Å²) >= 11 is 0. The maximum absolute atomic E-state index is 13.3. The second kappa shape index (κ2) is 8.10. The molecule has 3 N–H and O–H groups in total. The van der Waals surface area contributed by atoms with Gasteiger partial charge in [0, 0.05) is 35.6 Å². The van der Waals surface area contributed by atoms with Crippen LogP contribution in [0.2, 0.25) is 0 Å². The highest BCUT2D eigenvalue weighted by Crippen LogP contribution is 2.34. The molecule has 9 heteroatoms. The van der Waals surface area contributed by atoms with E-state index in [9.17, 15) is 22.8 Å². The zero-order valence-corrected chi connectivity index (χ0v) is 15.8. The number of nitrogens with two attached hydrogens (primary N) is 1. The third kappa shape index (κ3) is 4.56. The fraction of sp³-hybridized carbons (Fsp3) is 0.263. The molecule has 1 aliphatic rings. The summed E-state index contributed by atoms with van der Waals surface area (Å²) in [5.74, 6) is -0.963. The molecule has 0 spiro atoms. The number of hydrogen-bond donors (Lipinski definition) is 2. The standard InChI is InChI=1S/C19H18F3N3O2.ClH/c1-11-4-5-14(23)10-16(11)24-18(27)12-7-13(19(20,21)22)9-15(8-12)25-6-2-3-17(25)26;/h4-5,7-10H,2-3,6,23H2,1H3,(H,24,27);1H. The molecule has 0 saturated carbocycles. The van der Waals surface area contributed by atoms with Crippen LogP contribution in [0.3, 0.4) is 0 Å². The summed E-state index contributed by atoms with van der Waals surface area (Å²) < 4.78 is 39.9. The summed E-state index contributed by atoms with van der Waals surface area (Å²) in [6.45, 7) is 2.07. The first kappa shape index (κ1) is 21.6. The maximum atomic E-state index is 13.3. The molecule has 1 saturated heterocycles. The maximum Gasteiger partial charge on any atom is 0.416 e. The number of amides is 2. The molecule has 3 rings (SSSR count). The molecule has 0 atom stereocenters. The van der Waals surface area contributed by atoms with Gasteiger partial charge in [0.2, 0.25) is 5.91 Å². The predicted octanol–water partition coefficient (Wildman–Crippen LogP) is 4.40. The van der Waals surface area contributed by atoms with Crippen molar-refractivity contribution in [3.05, 3.63) is 53.1 Å². The van der Waals surface area contributed by atoms with Crippen LogP contribution in [0.15, 0.2) is 36.4 Å². The number of aryl methyl sites for hydroxylation is 1. The van der Waals surface area contributed by atoms with Gasteiger partial charge in [0.15, 0.2) is 0 Å². The van der Waals surface area contributed by atoms with Crippen molar-refractivity contribution in [2.75, 3.05) is 22.5 Å². The normalized spacial score (nSPS) is 14.0. The minimum Gasteiger partial charge on any atom is -0.399 e. The minimum absolute atomic E-state index is 0. The number of anilines is 3. The van der Waals surface area contributed by atoms with Gasteiger partial charge in [0.1, 0.15) is 0 Å². The second-order valence-electron chi connectivity index (χ2n) is 6.44. The lowest BCUT2D eigenvalue weighted by atomic mass is 10.1. The lowest BCUT2D eigenvalue weighted by Crippen LogP contribution is -2.25. The van der Waals surface area contributed by atoms with Crippen LogP contribution in [-0.2, 0) is 11.0 Å². The Morgan fingerprint density at radius 2 is 1.89 bits per heavy atom. The molecule has 2 aromatic rings. The third-order valence-electron chi connectivity index (χ3n) is 4.40. The van der Waals surface area contributed by atoms with Crippen LogP contribution in [-0.4, -0.2) is 18.4 Å². The highest BCUT2D eigenvalue weighted by molar-refractivity contribution is 6.06. The topological polar surface area (TPSA) is 75.4 Å². The molecule has 0 bridgehead atoms. The summed E-state index contributed by atoms with van der Waals surface area (Å²) in [7, 11) is 0. The molecule has 150 valence electrons. The van der Waals surface area contributed by atoms with E-state index in [1.165, 1.54) is 17.0 Å². The van der Waals surface area contributed by atoms with Gasteiger partial charge in [-0.25, -0.2) is 0 Å². The SMILES string of the molecule is Cc1ccc(N)cc1NC(=O)c1cc(N2CCCC2=O)cc(C(F)(F)F)c1.Cl. The Balaban J connectivity index is 0.00000280. The van der Waals surface area contributed by atoms with E-state index in [-0.39, 0.29) is 36.0 Å². The molecule has 28 heavy (non-hydrogen) atoms. The number of rotatable bonds is 3. The van der Waals surface area contributed by atoms with Crippen molar-refractivity contribution in [3.63, 3.8) is 0 Å². The number of hydrogen-bond acceptors (Lipinski definition) is 3. The van der Waals surface area contributed by atoms with Gasteiger partial charge >= 0.3 is 6.18 Å². The van der Waals surface area contributed by atoms with E-state index < -0.39 is 17.6 Å². The first-order chi connectivity index (χ1) is 12.6. The molecule has 0 aromatic heterocycles. The zero-order valence-electron chi connectivity index (χ0n) is 15.0. The van der Waals surface area contributed by atoms with E-state index in [1.54, 1.807) is 19.1 Å². The van der Waals surface area contributed by atoms with Gasteiger partial charge < -0.3 is 16.0 Å².